The highest BCUT2D eigenvalue weighted by Gasteiger charge is 2.40. The summed E-state index contributed by atoms with van der Waals surface area (Å²) in [5.74, 6) is 2.85. The number of aromatic nitrogens is 12. The zero-order valence-corrected chi connectivity index (χ0v) is 66.3. The average molecular weight is 1530 g/mol. The van der Waals surface area contributed by atoms with Crippen LogP contribution >= 0.6 is 0 Å². The molecule has 31 nitrogen and oxygen atoms in total. The van der Waals surface area contributed by atoms with Crippen molar-refractivity contribution >= 4 is 69.4 Å². The summed E-state index contributed by atoms with van der Waals surface area (Å²) in [7, 11) is 13.6. The van der Waals surface area contributed by atoms with Gasteiger partial charge in [0.1, 0.15) is 0 Å². The second-order valence-electron chi connectivity index (χ2n) is 31.1. The molecule has 0 saturated carbocycles. The van der Waals surface area contributed by atoms with E-state index in [0.29, 0.717) is 68.0 Å². The molecular formula is C82H99N25O6. The molecule has 3 fully saturated rings. The van der Waals surface area contributed by atoms with E-state index >= 15 is 0 Å². The number of ether oxygens (including phenoxy) is 3. The van der Waals surface area contributed by atoms with E-state index in [1.165, 1.54) is 17.1 Å². The molecule has 6 aromatic heterocycles. The second-order valence-corrected chi connectivity index (χ2v) is 31.1. The highest BCUT2D eigenvalue weighted by molar-refractivity contribution is 5.91. The fraction of sp³-hybridized carbons (Fsp3) is 0.488. The lowest BCUT2D eigenvalue weighted by atomic mass is 9.97. The number of likely N-dealkylation sites (N-methyl/N-ethyl adjacent to an activating group) is 3. The van der Waals surface area contributed by atoms with E-state index in [0.717, 1.165) is 232 Å². The quantitative estimate of drug-likeness (QED) is 0.141. The van der Waals surface area contributed by atoms with E-state index < -0.39 is 0 Å². The maximum absolute atomic E-state index is 12.6. The van der Waals surface area contributed by atoms with Crippen LogP contribution in [0.15, 0.2) is 73.6 Å². The number of nitrogens with zero attached hydrogens (tertiary/aromatic N) is 24. The Bertz CT molecular complexity index is 5250. The molecular weight excluding hydrogens is 1430 g/mol. The normalized spacial score (nSPS) is 18.5. The molecule has 0 bridgehead atoms. The Balaban J connectivity index is 0.000000128. The van der Waals surface area contributed by atoms with E-state index in [1.807, 2.05) is 72.6 Å². The van der Waals surface area contributed by atoms with E-state index in [9.17, 15) is 30.2 Å². The molecule has 18 rings (SSSR count). The SMILES string of the molecule is CC(=O)N1CCc2c(c(N3CCN(C)c4cc(-c5cnn(C)c5)c(C#N)cc43)nn2C2CCOCC2)C1.CC(=O)N1CCc2c(c(N3C[C@@H](C)N(C)c4cc(-c5cnn(C)c5)c(C#N)cc43)nn2C2CCOCC2)C1.CNC(=O)N1CCc2c(c(N3CCN(C)c4cc(-c5cnn(C)c5)c(C#N)cc43)nn2C2CCOCC2)C1. The number of fused-ring (bicyclic) bond motifs is 6. The zero-order valence-electron chi connectivity index (χ0n) is 66.3. The second kappa shape index (κ2) is 31.4. The van der Waals surface area contributed by atoms with Crippen LogP contribution in [0.4, 0.5) is 56.4 Å². The van der Waals surface area contributed by atoms with Crippen LogP contribution in [0.2, 0.25) is 0 Å². The van der Waals surface area contributed by atoms with Crippen LogP contribution in [-0.4, -0.2) is 217 Å². The van der Waals surface area contributed by atoms with Gasteiger partial charge in [-0.3, -0.25) is 37.7 Å². The number of urea groups is 1. The number of nitriles is 3. The lowest BCUT2D eigenvalue weighted by Gasteiger charge is -2.41. The van der Waals surface area contributed by atoms with Gasteiger partial charge < -0.3 is 63.6 Å². The van der Waals surface area contributed by atoms with Crippen molar-refractivity contribution in [2.24, 2.45) is 21.1 Å². The Hall–Kier alpha value is -11.7. The number of nitrogens with one attached hydrogen (secondary N) is 1. The maximum atomic E-state index is 12.6. The number of rotatable bonds is 9. The number of benzene rings is 3. The Labute approximate surface area is 658 Å². The van der Waals surface area contributed by atoms with Gasteiger partial charge in [-0.25, -0.2) is 4.79 Å². The standard InChI is InChI=1S/C28H34N8O2.C27H33N9O2.C27H32N8O2/c1-18-15-35(27-11-20(13-29)23(12-26(27)33(18)4)21-14-30-32(3)16-21)28-24-17-34(19(2)37)8-5-25(24)36(31-28)22-6-9-38-10-7-22;1-29-27(37)34-7-4-23-22(17-34)26(31-36(23)20-5-10-38-11-6-20)35-9-8-32(2)24-13-21(18(14-28)12-25(24)35)19-15-30-33(3)16-19;1-18(36)33-7-4-24-23(17-33)27(30-35(24)21-5-10-37-11-6-21)34-9-8-31(2)25-13-22(19(14-28)12-26(25)34)20-15-29-32(3)16-20/h11-12,14,16,18,22H,5-10,15,17H2,1-4H3;12-13,15-16,20H,4-11,17H2,1-3H3,(H,29,37);12-13,15-16,21H,4-11,17H2,1-3H3/t18-;;/m1../s1. The first-order valence-electron chi connectivity index (χ1n) is 39.5. The van der Waals surface area contributed by atoms with Crippen molar-refractivity contribution in [2.45, 2.75) is 122 Å². The summed E-state index contributed by atoms with van der Waals surface area (Å²) < 4.78 is 28.8. The summed E-state index contributed by atoms with van der Waals surface area (Å²) in [5.41, 5.74) is 20.2. The first-order valence-corrected chi connectivity index (χ1v) is 39.5. The van der Waals surface area contributed by atoms with Crippen molar-refractivity contribution < 1.29 is 28.6 Å². The van der Waals surface area contributed by atoms with Gasteiger partial charge in [-0.1, -0.05) is 0 Å². The number of amides is 4. The van der Waals surface area contributed by atoms with Crippen LogP contribution in [-0.2, 0) is 83.8 Å². The van der Waals surface area contributed by atoms with Crippen molar-refractivity contribution in [3.63, 3.8) is 0 Å². The molecule has 1 atom stereocenters. The predicted octanol–water partition coefficient (Wildman–Crippen LogP) is 9.18. The maximum Gasteiger partial charge on any atom is 0.317 e. The minimum atomic E-state index is -0.0768. The summed E-state index contributed by atoms with van der Waals surface area (Å²) in [4.78, 5) is 56.4. The van der Waals surface area contributed by atoms with Gasteiger partial charge in [0, 0.05) is 266 Å². The van der Waals surface area contributed by atoms with Crippen LogP contribution in [0.5, 0.6) is 0 Å². The van der Waals surface area contributed by atoms with E-state index in [1.54, 1.807) is 53.5 Å². The van der Waals surface area contributed by atoms with Crippen LogP contribution in [0.25, 0.3) is 33.4 Å². The zero-order chi connectivity index (χ0) is 78.6. The summed E-state index contributed by atoms with van der Waals surface area (Å²) >= 11 is 0. The first-order chi connectivity index (χ1) is 54.8. The fourth-order valence-electron chi connectivity index (χ4n) is 17.8. The minimum Gasteiger partial charge on any atom is -0.381 e. The first kappa shape index (κ1) is 75.3. The topological polar surface area (TPSA) is 298 Å². The van der Waals surface area contributed by atoms with Crippen molar-refractivity contribution in [3.05, 3.63) is 124 Å². The largest absolute Gasteiger partial charge is 0.381 e. The average Bonchev–Trinajstić information content (AvgIpc) is 1.65. The molecule has 588 valence electrons. The molecule has 15 heterocycles. The molecule has 3 saturated heterocycles. The number of aryl methyl sites for hydroxylation is 3. The van der Waals surface area contributed by atoms with E-state index in [-0.39, 0.29) is 29.9 Å². The van der Waals surface area contributed by atoms with Gasteiger partial charge >= 0.3 is 6.03 Å². The lowest BCUT2D eigenvalue weighted by Crippen LogP contribution is -2.44. The minimum absolute atomic E-state index is 0.0768. The summed E-state index contributed by atoms with van der Waals surface area (Å²) in [6.45, 7) is 17.5. The van der Waals surface area contributed by atoms with Crippen molar-refractivity contribution in [1.82, 2.24) is 78.7 Å². The molecule has 9 aliphatic rings. The lowest BCUT2D eigenvalue weighted by molar-refractivity contribution is -0.130. The van der Waals surface area contributed by atoms with Crippen LogP contribution < -0.4 is 34.7 Å². The predicted molar refractivity (Wildman–Crippen MR) is 428 cm³/mol. The van der Waals surface area contributed by atoms with Gasteiger partial charge in [0.15, 0.2) is 17.5 Å². The molecule has 9 aromatic rings. The number of anilines is 9. The molecule has 0 spiro atoms. The molecule has 4 amide bonds. The Morgan fingerprint density at radius 3 is 1.12 bits per heavy atom. The van der Waals surface area contributed by atoms with E-state index in [4.69, 9.17) is 29.5 Å². The van der Waals surface area contributed by atoms with Gasteiger partial charge in [0.2, 0.25) is 11.8 Å². The highest BCUT2D eigenvalue weighted by atomic mass is 16.5. The van der Waals surface area contributed by atoms with Crippen LogP contribution in [0.1, 0.15) is 128 Å². The summed E-state index contributed by atoms with van der Waals surface area (Å²) in [5, 5.41) is 61.8. The third kappa shape index (κ3) is 14.3. The molecule has 0 unspecified atom stereocenters. The highest BCUT2D eigenvalue weighted by Crippen LogP contribution is 2.49. The van der Waals surface area contributed by atoms with Gasteiger partial charge in [-0.2, -0.15) is 46.4 Å². The number of carbonyl (C=O) groups is 3. The molecule has 0 aliphatic carbocycles. The van der Waals surface area contributed by atoms with Crippen LogP contribution in [0.3, 0.4) is 0 Å². The Morgan fingerprint density at radius 1 is 0.442 bits per heavy atom. The molecule has 113 heavy (non-hydrogen) atoms. The van der Waals surface area contributed by atoms with Crippen molar-refractivity contribution in [2.75, 3.05) is 150 Å². The van der Waals surface area contributed by atoms with Gasteiger partial charge in [-0.05, 0) is 81.8 Å². The number of hydrogen-bond acceptors (Lipinski definition) is 21. The third-order valence-electron chi connectivity index (χ3n) is 24.2. The molecule has 1 N–H and O–H groups in total. The Morgan fingerprint density at radius 2 is 0.779 bits per heavy atom. The van der Waals surface area contributed by atoms with Crippen LogP contribution in [0, 0.1) is 34.0 Å². The summed E-state index contributed by atoms with van der Waals surface area (Å²) in [6.07, 6.45) is 19.2. The number of carbonyl (C=O) groups excluding carboxylic acids is 3. The molecule has 3 aromatic carbocycles. The van der Waals surface area contributed by atoms with E-state index in [2.05, 4.69) is 129 Å². The molecule has 0 radical (unpaired) electrons. The molecule has 9 aliphatic heterocycles. The van der Waals surface area contributed by atoms with Crippen molar-refractivity contribution in [1.29, 1.82) is 15.8 Å². The smallest absolute Gasteiger partial charge is 0.317 e. The van der Waals surface area contributed by atoms with Gasteiger partial charge in [0.25, 0.3) is 0 Å². The Kier molecular flexibility index (Phi) is 21.0. The summed E-state index contributed by atoms with van der Waals surface area (Å²) in [6, 6.07) is 20.5. The fourth-order valence-corrected chi connectivity index (χ4v) is 17.8. The van der Waals surface area contributed by atoms with Gasteiger partial charge in [-0.15, -0.1) is 0 Å². The molecule has 31 heteroatoms. The monoisotopic (exact) mass is 1530 g/mol. The van der Waals surface area contributed by atoms with Crippen molar-refractivity contribution in [3.8, 4) is 51.6 Å². The number of hydrogen-bond donors (Lipinski definition) is 1. The van der Waals surface area contributed by atoms with Gasteiger partial charge in [0.05, 0.1) is 125 Å². The third-order valence-corrected chi connectivity index (χ3v) is 24.2.